The van der Waals surface area contributed by atoms with Crippen molar-refractivity contribution in [3.05, 3.63) is 0 Å². The SMILES string of the molecule is O=C1N2OS(=O)(=O)O[C@]3(CF)CC[C@@H]2CN13. The average molecular weight is 252 g/mol. The second kappa shape index (κ2) is 2.84. The highest BCUT2D eigenvalue weighted by atomic mass is 32.3. The van der Waals surface area contributed by atoms with Crippen LogP contribution in [-0.4, -0.2) is 49.4 Å². The molecule has 0 aromatic rings. The molecule has 16 heavy (non-hydrogen) atoms. The molecule has 9 heteroatoms. The van der Waals surface area contributed by atoms with Crippen molar-refractivity contribution in [1.29, 1.82) is 0 Å². The predicted octanol–water partition coefficient (Wildman–Crippen LogP) is -0.241. The minimum atomic E-state index is -4.36. The molecule has 0 radical (unpaired) electrons. The summed E-state index contributed by atoms with van der Waals surface area (Å²) in [6, 6.07) is -0.993. The van der Waals surface area contributed by atoms with Gasteiger partial charge in [0.05, 0.1) is 6.04 Å². The molecule has 3 fully saturated rings. The van der Waals surface area contributed by atoms with E-state index in [9.17, 15) is 17.6 Å². The van der Waals surface area contributed by atoms with E-state index in [1.807, 2.05) is 0 Å². The van der Waals surface area contributed by atoms with Crippen LogP contribution in [-0.2, 0) is 18.9 Å². The number of hydrogen-bond acceptors (Lipinski definition) is 5. The third-order valence-electron chi connectivity index (χ3n) is 3.14. The third kappa shape index (κ3) is 1.13. The van der Waals surface area contributed by atoms with E-state index >= 15 is 0 Å². The van der Waals surface area contributed by atoms with Crippen molar-refractivity contribution in [1.82, 2.24) is 9.96 Å². The Labute approximate surface area is 91.0 Å². The van der Waals surface area contributed by atoms with Gasteiger partial charge in [0.2, 0.25) is 0 Å². The van der Waals surface area contributed by atoms with Crippen LogP contribution in [0.1, 0.15) is 12.8 Å². The zero-order valence-electron chi connectivity index (χ0n) is 8.13. The molecule has 0 aliphatic carbocycles. The molecule has 0 N–H and O–H groups in total. The quantitative estimate of drug-likeness (QED) is 0.643. The molecular formula is C7H9FN2O5S. The summed E-state index contributed by atoms with van der Waals surface area (Å²) in [5, 5.41) is 0.764. The molecule has 3 heterocycles. The lowest BCUT2D eigenvalue weighted by Gasteiger charge is -2.40. The number of hydrogen-bond donors (Lipinski definition) is 0. The Morgan fingerprint density at radius 3 is 3.00 bits per heavy atom. The molecule has 3 aliphatic heterocycles. The highest BCUT2D eigenvalue weighted by Crippen LogP contribution is 2.42. The molecule has 0 saturated carbocycles. The Bertz CT molecular complexity index is 454. The van der Waals surface area contributed by atoms with Crippen molar-refractivity contribution in [2.75, 3.05) is 13.2 Å². The first-order valence-corrected chi connectivity index (χ1v) is 6.13. The molecule has 7 nitrogen and oxygen atoms in total. The summed E-state index contributed by atoms with van der Waals surface area (Å²) in [7, 11) is -4.36. The summed E-state index contributed by atoms with van der Waals surface area (Å²) in [5.41, 5.74) is -1.71. The van der Waals surface area contributed by atoms with Crippen LogP contribution >= 0.6 is 0 Å². The number of halogens is 1. The summed E-state index contributed by atoms with van der Waals surface area (Å²) in [5.74, 6) is 0. The Hall–Kier alpha value is -0.930. The number of rotatable bonds is 1. The van der Waals surface area contributed by atoms with Crippen LogP contribution in [0, 0.1) is 0 Å². The third-order valence-corrected chi connectivity index (χ3v) is 4.00. The summed E-state index contributed by atoms with van der Waals surface area (Å²) in [6.45, 7) is -0.833. The predicted molar refractivity (Wildman–Crippen MR) is 46.8 cm³/mol. The molecule has 0 spiro atoms. The standard InChI is InChI=1S/C7H9FN2O5S/c8-4-7-2-1-5-3-9(7)6(11)10(5)15-16(12,13)14-7/h5H,1-4H2/t5-,7+/m1/s1. The molecule has 2 amide bonds. The summed E-state index contributed by atoms with van der Waals surface area (Å²) in [4.78, 5) is 12.8. The minimum absolute atomic E-state index is 0.152. The van der Waals surface area contributed by atoms with Crippen molar-refractivity contribution in [2.24, 2.45) is 0 Å². The smallest absolute Gasteiger partial charge is 0.288 e. The fraction of sp³-hybridized carbons (Fsp3) is 0.857. The van der Waals surface area contributed by atoms with Crippen LogP contribution in [0.15, 0.2) is 0 Å². The maximum Gasteiger partial charge on any atom is 0.423 e. The van der Waals surface area contributed by atoms with Gasteiger partial charge in [-0.2, -0.15) is 13.5 Å². The van der Waals surface area contributed by atoms with Crippen molar-refractivity contribution in [3.63, 3.8) is 0 Å². The number of carbonyl (C=O) groups is 1. The Balaban J connectivity index is 2.14. The molecule has 0 aromatic carbocycles. The Morgan fingerprint density at radius 2 is 2.31 bits per heavy atom. The molecule has 3 bridgehead atoms. The highest BCUT2D eigenvalue weighted by Gasteiger charge is 2.60. The largest absolute Gasteiger partial charge is 0.423 e. The van der Waals surface area contributed by atoms with Gasteiger partial charge in [-0.15, -0.1) is 4.28 Å². The molecule has 3 saturated heterocycles. The summed E-state index contributed by atoms with van der Waals surface area (Å²) >= 11 is 0. The zero-order valence-corrected chi connectivity index (χ0v) is 8.94. The van der Waals surface area contributed by atoms with E-state index in [-0.39, 0.29) is 19.0 Å². The zero-order chi connectivity index (χ0) is 11.6. The first-order valence-electron chi connectivity index (χ1n) is 4.79. The van der Waals surface area contributed by atoms with Gasteiger partial charge in [-0.3, -0.25) is 4.90 Å². The second-order valence-electron chi connectivity index (χ2n) is 4.06. The molecular weight excluding hydrogens is 243 g/mol. The lowest BCUT2D eigenvalue weighted by atomic mass is 9.98. The average Bonchev–Trinajstić information content (AvgIpc) is 2.42. The number of fused-ring (bicyclic) bond motifs is 3. The van der Waals surface area contributed by atoms with Crippen LogP contribution < -0.4 is 0 Å². The number of alkyl halides is 1. The van der Waals surface area contributed by atoms with E-state index in [2.05, 4.69) is 8.47 Å². The van der Waals surface area contributed by atoms with E-state index < -0.39 is 28.8 Å². The molecule has 3 aliphatic rings. The van der Waals surface area contributed by atoms with Crippen LogP contribution in [0.4, 0.5) is 9.18 Å². The topological polar surface area (TPSA) is 76.1 Å². The van der Waals surface area contributed by atoms with Crippen molar-refractivity contribution in [2.45, 2.75) is 24.6 Å². The Kier molecular flexibility index (Phi) is 1.82. The number of carbonyl (C=O) groups excluding carboxylic acids is 1. The van der Waals surface area contributed by atoms with Crippen LogP contribution in [0.2, 0.25) is 0 Å². The maximum absolute atomic E-state index is 13.1. The van der Waals surface area contributed by atoms with Crippen molar-refractivity contribution >= 4 is 16.4 Å². The second-order valence-corrected chi connectivity index (χ2v) is 5.19. The highest BCUT2D eigenvalue weighted by molar-refractivity contribution is 7.81. The van der Waals surface area contributed by atoms with Crippen molar-refractivity contribution in [3.8, 4) is 0 Å². The van der Waals surface area contributed by atoms with E-state index in [4.69, 9.17) is 0 Å². The van der Waals surface area contributed by atoms with Gasteiger partial charge in [-0.1, -0.05) is 0 Å². The van der Waals surface area contributed by atoms with Gasteiger partial charge in [-0.25, -0.2) is 13.4 Å². The maximum atomic E-state index is 13.1. The lowest BCUT2D eigenvalue weighted by molar-refractivity contribution is -0.118. The van der Waals surface area contributed by atoms with E-state index in [0.717, 1.165) is 9.96 Å². The van der Waals surface area contributed by atoms with E-state index in [1.54, 1.807) is 0 Å². The van der Waals surface area contributed by atoms with Crippen LogP contribution in [0.3, 0.4) is 0 Å². The molecule has 90 valence electrons. The van der Waals surface area contributed by atoms with Gasteiger partial charge in [0.15, 0.2) is 5.72 Å². The number of amides is 2. The fourth-order valence-electron chi connectivity index (χ4n) is 2.36. The van der Waals surface area contributed by atoms with Crippen LogP contribution in [0.5, 0.6) is 0 Å². The Morgan fingerprint density at radius 1 is 1.56 bits per heavy atom. The van der Waals surface area contributed by atoms with Crippen molar-refractivity contribution < 1.29 is 26.1 Å². The van der Waals surface area contributed by atoms with Gasteiger partial charge < -0.3 is 0 Å². The number of nitrogens with zero attached hydrogens (tertiary/aromatic N) is 2. The molecule has 0 unspecified atom stereocenters. The van der Waals surface area contributed by atoms with E-state index in [1.165, 1.54) is 0 Å². The van der Waals surface area contributed by atoms with Crippen LogP contribution in [0.25, 0.3) is 0 Å². The van der Waals surface area contributed by atoms with Gasteiger partial charge >= 0.3 is 16.4 Å². The first-order chi connectivity index (χ1) is 7.47. The fourth-order valence-corrected chi connectivity index (χ4v) is 3.37. The molecule has 0 aromatic heterocycles. The number of piperidine rings is 1. The van der Waals surface area contributed by atoms with Gasteiger partial charge in [0, 0.05) is 13.0 Å². The minimum Gasteiger partial charge on any atom is -0.288 e. The first kappa shape index (κ1) is 10.2. The van der Waals surface area contributed by atoms with E-state index in [0.29, 0.717) is 6.42 Å². The number of hydroxylamine groups is 2. The van der Waals surface area contributed by atoms with Gasteiger partial charge in [0.25, 0.3) is 0 Å². The number of urea groups is 1. The van der Waals surface area contributed by atoms with Gasteiger partial charge in [-0.05, 0) is 6.42 Å². The molecule has 3 rings (SSSR count). The normalized spacial score (nSPS) is 40.3. The lowest BCUT2D eigenvalue weighted by Crippen LogP contribution is -2.56. The van der Waals surface area contributed by atoms with Gasteiger partial charge in [0.1, 0.15) is 6.67 Å². The monoisotopic (exact) mass is 252 g/mol. The molecule has 2 atom stereocenters. The summed E-state index contributed by atoms with van der Waals surface area (Å²) < 4.78 is 44.9. The summed E-state index contributed by atoms with van der Waals surface area (Å²) in [6.07, 6.45) is 0.612.